The van der Waals surface area contributed by atoms with Crippen molar-refractivity contribution >= 4 is 44.0 Å². The largest absolute Gasteiger partial charge is 0.206 e. The van der Waals surface area contributed by atoms with Gasteiger partial charge in [0.15, 0.2) is 0 Å². The number of fused-ring (bicyclic) bond motifs is 1. The molecular formula is C10H5FINS. The number of halogens is 2. The van der Waals surface area contributed by atoms with E-state index in [0.717, 1.165) is 15.6 Å². The standard InChI is InChI=1S/C10H5FINS/c11-8-5-6(1-3-13)7-2-4-14-10(7)9(8)12/h2,4-5H,1H2. The molecule has 0 aliphatic heterocycles. The fourth-order valence-electron chi connectivity index (χ4n) is 1.37. The van der Waals surface area contributed by atoms with Crippen LogP contribution < -0.4 is 0 Å². The first kappa shape index (κ1) is 9.87. The lowest BCUT2D eigenvalue weighted by Gasteiger charge is -2.01. The second kappa shape index (κ2) is 3.83. The lowest BCUT2D eigenvalue weighted by molar-refractivity contribution is 0.621. The molecule has 0 unspecified atom stereocenters. The molecule has 0 saturated carbocycles. The van der Waals surface area contributed by atoms with Crippen molar-refractivity contribution in [1.29, 1.82) is 5.26 Å². The number of hydrogen-bond acceptors (Lipinski definition) is 2. The van der Waals surface area contributed by atoms with Crippen molar-refractivity contribution in [3.8, 4) is 6.07 Å². The highest BCUT2D eigenvalue weighted by Crippen LogP contribution is 2.31. The Morgan fingerprint density at radius 1 is 1.57 bits per heavy atom. The Morgan fingerprint density at radius 2 is 2.36 bits per heavy atom. The normalized spacial score (nSPS) is 10.4. The first-order valence-electron chi connectivity index (χ1n) is 3.95. The van der Waals surface area contributed by atoms with Crippen LogP contribution in [0.1, 0.15) is 5.56 Å². The van der Waals surface area contributed by atoms with E-state index in [1.54, 1.807) is 0 Å². The third-order valence-electron chi connectivity index (χ3n) is 1.99. The van der Waals surface area contributed by atoms with Crippen LogP contribution in [-0.2, 0) is 6.42 Å². The van der Waals surface area contributed by atoms with Gasteiger partial charge in [0.25, 0.3) is 0 Å². The van der Waals surface area contributed by atoms with E-state index in [0.29, 0.717) is 3.57 Å². The number of benzene rings is 1. The molecule has 2 rings (SSSR count). The van der Waals surface area contributed by atoms with Crippen LogP contribution in [0.2, 0.25) is 0 Å². The average Bonchev–Trinajstić information content (AvgIpc) is 2.63. The first-order valence-corrected chi connectivity index (χ1v) is 5.91. The Morgan fingerprint density at radius 3 is 3.07 bits per heavy atom. The second-order valence-electron chi connectivity index (χ2n) is 2.83. The van der Waals surface area contributed by atoms with E-state index in [9.17, 15) is 4.39 Å². The summed E-state index contributed by atoms with van der Waals surface area (Å²) in [6.07, 6.45) is 0.265. The van der Waals surface area contributed by atoms with Gasteiger partial charge in [0.05, 0.1) is 20.8 Å². The van der Waals surface area contributed by atoms with Crippen LogP contribution in [0.15, 0.2) is 17.5 Å². The Balaban J connectivity index is 2.79. The minimum atomic E-state index is -0.231. The molecule has 1 aromatic carbocycles. The molecule has 4 heteroatoms. The molecule has 0 saturated heterocycles. The summed E-state index contributed by atoms with van der Waals surface area (Å²) in [6, 6.07) is 5.45. The molecule has 0 fully saturated rings. The maximum atomic E-state index is 13.4. The SMILES string of the molecule is N#CCc1cc(F)c(I)c2sccc12. The maximum Gasteiger partial charge on any atom is 0.138 e. The Hall–Kier alpha value is -0.670. The summed E-state index contributed by atoms with van der Waals surface area (Å²) in [7, 11) is 0. The van der Waals surface area contributed by atoms with Crippen LogP contribution in [-0.4, -0.2) is 0 Å². The minimum absolute atomic E-state index is 0.231. The fraction of sp³-hybridized carbons (Fsp3) is 0.100. The number of rotatable bonds is 1. The zero-order valence-corrected chi connectivity index (χ0v) is 10.0. The Labute approximate surface area is 98.3 Å². The van der Waals surface area contributed by atoms with Gasteiger partial charge in [-0.2, -0.15) is 5.26 Å². The monoisotopic (exact) mass is 317 g/mol. The predicted octanol–water partition coefficient (Wildman–Crippen LogP) is 3.71. The topological polar surface area (TPSA) is 23.8 Å². The summed E-state index contributed by atoms with van der Waals surface area (Å²) >= 11 is 3.51. The van der Waals surface area contributed by atoms with E-state index in [4.69, 9.17) is 5.26 Å². The number of thiophene rings is 1. The van der Waals surface area contributed by atoms with Crippen LogP contribution in [0.3, 0.4) is 0 Å². The molecule has 0 aliphatic carbocycles. The molecular weight excluding hydrogens is 312 g/mol. The average molecular weight is 317 g/mol. The van der Waals surface area contributed by atoms with Crippen LogP contribution >= 0.6 is 33.9 Å². The van der Waals surface area contributed by atoms with Gasteiger partial charge in [-0.3, -0.25) is 0 Å². The maximum absolute atomic E-state index is 13.4. The first-order chi connectivity index (χ1) is 6.74. The molecule has 0 atom stereocenters. The summed E-state index contributed by atoms with van der Waals surface area (Å²) in [4.78, 5) is 0. The van der Waals surface area contributed by atoms with Crippen molar-refractivity contribution in [3.63, 3.8) is 0 Å². The summed E-state index contributed by atoms with van der Waals surface area (Å²) in [6.45, 7) is 0. The van der Waals surface area contributed by atoms with Gasteiger partial charge in [0, 0.05) is 0 Å². The van der Waals surface area contributed by atoms with Crippen molar-refractivity contribution < 1.29 is 4.39 Å². The van der Waals surface area contributed by atoms with Crippen molar-refractivity contribution in [1.82, 2.24) is 0 Å². The van der Waals surface area contributed by atoms with Gasteiger partial charge in [0.1, 0.15) is 5.82 Å². The molecule has 0 aliphatic rings. The molecule has 1 aromatic heterocycles. The fourth-order valence-corrected chi connectivity index (χ4v) is 3.06. The van der Waals surface area contributed by atoms with Gasteiger partial charge in [-0.05, 0) is 51.1 Å². The Kier molecular flexibility index (Phi) is 2.70. The zero-order chi connectivity index (χ0) is 10.1. The number of nitrogens with zero attached hydrogens (tertiary/aromatic N) is 1. The highest BCUT2D eigenvalue weighted by molar-refractivity contribution is 14.1. The summed E-state index contributed by atoms with van der Waals surface area (Å²) in [5, 5.41) is 11.5. The molecule has 0 amide bonds. The van der Waals surface area contributed by atoms with Crippen molar-refractivity contribution in [3.05, 3.63) is 32.5 Å². The smallest absolute Gasteiger partial charge is 0.138 e. The van der Waals surface area contributed by atoms with Gasteiger partial charge in [-0.15, -0.1) is 11.3 Å². The quantitative estimate of drug-likeness (QED) is 0.736. The molecule has 1 nitrogen and oxygen atoms in total. The van der Waals surface area contributed by atoms with Crippen LogP contribution in [0.25, 0.3) is 10.1 Å². The van der Waals surface area contributed by atoms with E-state index in [2.05, 4.69) is 0 Å². The third-order valence-corrected chi connectivity index (χ3v) is 4.34. The van der Waals surface area contributed by atoms with Gasteiger partial charge in [-0.25, -0.2) is 4.39 Å². The number of hydrogen-bond donors (Lipinski definition) is 0. The van der Waals surface area contributed by atoms with Gasteiger partial charge < -0.3 is 0 Å². The molecule has 2 aromatic rings. The summed E-state index contributed by atoms with van der Waals surface area (Å²) in [5.74, 6) is -0.231. The molecule has 0 spiro atoms. The highest BCUT2D eigenvalue weighted by Gasteiger charge is 2.10. The molecule has 1 heterocycles. The van der Waals surface area contributed by atoms with Gasteiger partial charge in [-0.1, -0.05) is 0 Å². The van der Waals surface area contributed by atoms with Crippen LogP contribution in [0, 0.1) is 20.7 Å². The van der Waals surface area contributed by atoms with E-state index in [1.807, 2.05) is 40.1 Å². The van der Waals surface area contributed by atoms with E-state index >= 15 is 0 Å². The predicted molar refractivity (Wildman–Crippen MR) is 63.8 cm³/mol. The zero-order valence-electron chi connectivity index (χ0n) is 7.05. The second-order valence-corrected chi connectivity index (χ2v) is 4.82. The van der Waals surface area contributed by atoms with Crippen molar-refractivity contribution in [2.75, 3.05) is 0 Å². The summed E-state index contributed by atoms with van der Waals surface area (Å²) in [5.41, 5.74) is 0.779. The Bertz CT molecular complexity index is 527. The van der Waals surface area contributed by atoms with Crippen LogP contribution in [0.4, 0.5) is 4.39 Å². The van der Waals surface area contributed by atoms with E-state index in [1.165, 1.54) is 17.4 Å². The van der Waals surface area contributed by atoms with Crippen molar-refractivity contribution in [2.45, 2.75) is 6.42 Å². The lowest BCUT2D eigenvalue weighted by Crippen LogP contribution is -1.88. The highest BCUT2D eigenvalue weighted by atomic mass is 127. The van der Waals surface area contributed by atoms with Crippen LogP contribution in [0.5, 0.6) is 0 Å². The number of nitriles is 1. The molecule has 0 bridgehead atoms. The van der Waals surface area contributed by atoms with Gasteiger partial charge in [0.2, 0.25) is 0 Å². The van der Waals surface area contributed by atoms with E-state index < -0.39 is 0 Å². The lowest BCUT2D eigenvalue weighted by atomic mass is 10.1. The van der Waals surface area contributed by atoms with E-state index in [-0.39, 0.29) is 12.2 Å². The third kappa shape index (κ3) is 1.51. The molecule has 70 valence electrons. The van der Waals surface area contributed by atoms with Crippen molar-refractivity contribution in [2.24, 2.45) is 0 Å². The molecule has 0 radical (unpaired) electrons. The molecule has 0 N–H and O–H groups in total. The summed E-state index contributed by atoms with van der Waals surface area (Å²) < 4.78 is 15.0. The minimum Gasteiger partial charge on any atom is -0.206 e. The van der Waals surface area contributed by atoms with Gasteiger partial charge >= 0.3 is 0 Å². The molecule has 14 heavy (non-hydrogen) atoms.